The lowest BCUT2D eigenvalue weighted by molar-refractivity contribution is -0.131. The van der Waals surface area contributed by atoms with Crippen molar-refractivity contribution in [3.8, 4) is 6.07 Å². The van der Waals surface area contributed by atoms with Crippen LogP contribution in [0.1, 0.15) is 35.6 Å². The van der Waals surface area contributed by atoms with Crippen LogP contribution >= 0.6 is 0 Å². The van der Waals surface area contributed by atoms with Crippen molar-refractivity contribution in [1.29, 1.82) is 5.26 Å². The maximum absolute atomic E-state index is 12.6. The SMILES string of the molecule is C=CCN(Cc1ccc(C#N)cc1)C(=O)CCc1ccc(CC)cc1. The van der Waals surface area contributed by atoms with Crippen LogP contribution in [-0.4, -0.2) is 17.4 Å². The Bertz CT molecular complexity index is 739. The fourth-order valence-corrected chi connectivity index (χ4v) is 2.67. The fourth-order valence-electron chi connectivity index (χ4n) is 2.67. The van der Waals surface area contributed by atoms with Gasteiger partial charge in [-0.2, -0.15) is 5.26 Å². The van der Waals surface area contributed by atoms with Crippen molar-refractivity contribution in [2.75, 3.05) is 6.54 Å². The first-order chi connectivity index (χ1) is 12.2. The summed E-state index contributed by atoms with van der Waals surface area (Å²) in [5.74, 6) is 0.115. The maximum Gasteiger partial charge on any atom is 0.223 e. The van der Waals surface area contributed by atoms with Crippen LogP contribution in [0.3, 0.4) is 0 Å². The summed E-state index contributed by atoms with van der Waals surface area (Å²) in [6.07, 6.45) is 3.99. The molecule has 0 heterocycles. The van der Waals surface area contributed by atoms with Gasteiger partial charge in [-0.1, -0.05) is 49.4 Å². The quantitative estimate of drug-likeness (QED) is 0.678. The molecule has 0 saturated heterocycles. The summed E-state index contributed by atoms with van der Waals surface area (Å²) in [7, 11) is 0. The molecular formula is C22H24N2O. The van der Waals surface area contributed by atoms with Crippen molar-refractivity contribution in [2.45, 2.75) is 32.7 Å². The summed E-state index contributed by atoms with van der Waals surface area (Å²) >= 11 is 0. The Morgan fingerprint density at radius 2 is 1.68 bits per heavy atom. The molecule has 1 amide bonds. The first-order valence-electron chi connectivity index (χ1n) is 8.61. The number of nitrogens with zero attached hydrogens (tertiary/aromatic N) is 2. The lowest BCUT2D eigenvalue weighted by atomic mass is 10.1. The third-order valence-corrected chi connectivity index (χ3v) is 4.22. The molecule has 0 aliphatic heterocycles. The summed E-state index contributed by atoms with van der Waals surface area (Å²) in [5.41, 5.74) is 4.13. The van der Waals surface area contributed by atoms with Crippen molar-refractivity contribution in [1.82, 2.24) is 4.90 Å². The van der Waals surface area contributed by atoms with Crippen molar-refractivity contribution < 1.29 is 4.79 Å². The molecule has 25 heavy (non-hydrogen) atoms. The van der Waals surface area contributed by atoms with E-state index in [-0.39, 0.29) is 5.91 Å². The van der Waals surface area contributed by atoms with Gasteiger partial charge >= 0.3 is 0 Å². The highest BCUT2D eigenvalue weighted by Gasteiger charge is 2.13. The van der Waals surface area contributed by atoms with Gasteiger partial charge in [0.1, 0.15) is 0 Å². The van der Waals surface area contributed by atoms with Crippen LogP contribution in [0, 0.1) is 11.3 Å². The molecule has 0 unspecified atom stereocenters. The number of benzene rings is 2. The summed E-state index contributed by atoms with van der Waals surface area (Å²) in [5, 5.41) is 8.87. The van der Waals surface area contributed by atoms with Crippen LogP contribution in [0.4, 0.5) is 0 Å². The van der Waals surface area contributed by atoms with E-state index in [1.165, 1.54) is 11.1 Å². The Balaban J connectivity index is 1.96. The lowest BCUT2D eigenvalue weighted by Crippen LogP contribution is -2.30. The van der Waals surface area contributed by atoms with E-state index in [0.29, 0.717) is 25.1 Å². The number of amides is 1. The highest BCUT2D eigenvalue weighted by atomic mass is 16.2. The molecule has 0 atom stereocenters. The topological polar surface area (TPSA) is 44.1 Å². The number of aryl methyl sites for hydroxylation is 2. The van der Waals surface area contributed by atoms with Gasteiger partial charge in [-0.25, -0.2) is 0 Å². The highest BCUT2D eigenvalue weighted by molar-refractivity contribution is 5.76. The molecule has 2 rings (SSSR count). The predicted molar refractivity (Wildman–Crippen MR) is 101 cm³/mol. The fraction of sp³-hybridized carbons (Fsp3) is 0.273. The molecule has 0 aromatic heterocycles. The van der Waals surface area contributed by atoms with E-state index in [0.717, 1.165) is 18.4 Å². The van der Waals surface area contributed by atoms with Crippen LogP contribution in [-0.2, 0) is 24.2 Å². The number of carbonyl (C=O) groups is 1. The molecule has 2 aromatic rings. The number of nitriles is 1. The van der Waals surface area contributed by atoms with Gasteiger partial charge in [-0.3, -0.25) is 4.79 Å². The molecule has 0 bridgehead atoms. The van der Waals surface area contributed by atoms with Crippen molar-refractivity contribution >= 4 is 5.91 Å². The van der Waals surface area contributed by atoms with E-state index in [4.69, 9.17) is 5.26 Å². The standard InChI is InChI=1S/C22H24N2O/c1-3-15-24(17-21-11-9-20(16-23)10-12-21)22(25)14-13-19-7-5-18(4-2)6-8-19/h3,5-12H,1,4,13-15,17H2,2H3. The molecule has 3 nitrogen and oxygen atoms in total. The monoisotopic (exact) mass is 332 g/mol. The molecule has 0 saturated carbocycles. The molecule has 2 aromatic carbocycles. The first kappa shape index (κ1) is 18.5. The number of rotatable bonds is 8. The number of carbonyl (C=O) groups excluding carboxylic acids is 1. The zero-order valence-electron chi connectivity index (χ0n) is 14.7. The molecule has 3 heteroatoms. The minimum atomic E-state index is 0.115. The first-order valence-corrected chi connectivity index (χ1v) is 8.61. The Morgan fingerprint density at radius 3 is 2.24 bits per heavy atom. The van der Waals surface area contributed by atoms with Crippen LogP contribution in [0.5, 0.6) is 0 Å². The summed E-state index contributed by atoms with van der Waals surface area (Å²) in [6, 6.07) is 17.9. The summed E-state index contributed by atoms with van der Waals surface area (Å²) < 4.78 is 0. The van der Waals surface area contributed by atoms with E-state index in [9.17, 15) is 4.79 Å². The third kappa shape index (κ3) is 5.61. The summed E-state index contributed by atoms with van der Waals surface area (Å²) in [6.45, 7) is 6.94. The van der Waals surface area contributed by atoms with Gasteiger partial charge in [0.25, 0.3) is 0 Å². The van der Waals surface area contributed by atoms with Crippen molar-refractivity contribution in [3.05, 3.63) is 83.4 Å². The molecule has 0 aliphatic carbocycles. The normalized spacial score (nSPS) is 10.1. The van der Waals surface area contributed by atoms with Gasteiger partial charge in [-0.05, 0) is 41.7 Å². The van der Waals surface area contributed by atoms with Gasteiger partial charge in [0, 0.05) is 19.5 Å². The largest absolute Gasteiger partial charge is 0.335 e. The number of hydrogen-bond donors (Lipinski definition) is 0. The molecule has 0 N–H and O–H groups in total. The Morgan fingerprint density at radius 1 is 1.08 bits per heavy atom. The van der Waals surface area contributed by atoms with Gasteiger partial charge in [0.15, 0.2) is 0 Å². The molecule has 128 valence electrons. The minimum absolute atomic E-state index is 0.115. The van der Waals surface area contributed by atoms with Crippen molar-refractivity contribution in [3.63, 3.8) is 0 Å². The molecule has 0 aliphatic rings. The van der Waals surface area contributed by atoms with E-state index in [1.807, 2.05) is 12.1 Å². The predicted octanol–water partition coefficient (Wildman–Crippen LogP) is 4.27. The molecular weight excluding hydrogens is 308 g/mol. The highest BCUT2D eigenvalue weighted by Crippen LogP contribution is 2.11. The smallest absolute Gasteiger partial charge is 0.223 e. The Hall–Kier alpha value is -2.86. The maximum atomic E-state index is 12.6. The van der Waals surface area contributed by atoms with Gasteiger partial charge in [0.05, 0.1) is 11.6 Å². The van der Waals surface area contributed by atoms with Crippen LogP contribution < -0.4 is 0 Å². The Kier molecular flexibility index (Phi) is 6.98. The third-order valence-electron chi connectivity index (χ3n) is 4.22. The minimum Gasteiger partial charge on any atom is -0.335 e. The Labute approximate surface area is 150 Å². The molecule has 0 fully saturated rings. The lowest BCUT2D eigenvalue weighted by Gasteiger charge is -2.21. The average molecular weight is 332 g/mol. The second-order valence-electron chi connectivity index (χ2n) is 6.04. The zero-order valence-corrected chi connectivity index (χ0v) is 14.7. The van der Waals surface area contributed by atoms with Crippen LogP contribution in [0.15, 0.2) is 61.2 Å². The molecule has 0 radical (unpaired) electrons. The summed E-state index contributed by atoms with van der Waals surface area (Å²) in [4.78, 5) is 14.4. The van der Waals surface area contributed by atoms with Crippen molar-refractivity contribution in [2.24, 2.45) is 0 Å². The van der Waals surface area contributed by atoms with Crippen LogP contribution in [0.2, 0.25) is 0 Å². The van der Waals surface area contributed by atoms with Crippen LogP contribution in [0.25, 0.3) is 0 Å². The van der Waals surface area contributed by atoms with Gasteiger partial charge < -0.3 is 4.90 Å². The van der Waals surface area contributed by atoms with Gasteiger partial charge in [0.2, 0.25) is 5.91 Å². The van der Waals surface area contributed by atoms with E-state index in [2.05, 4.69) is 43.8 Å². The van der Waals surface area contributed by atoms with E-state index >= 15 is 0 Å². The second-order valence-corrected chi connectivity index (χ2v) is 6.04. The second kappa shape index (κ2) is 9.44. The van der Waals surface area contributed by atoms with E-state index in [1.54, 1.807) is 23.1 Å². The number of hydrogen-bond acceptors (Lipinski definition) is 2. The van der Waals surface area contributed by atoms with Gasteiger partial charge in [-0.15, -0.1) is 6.58 Å². The average Bonchev–Trinajstić information content (AvgIpc) is 2.66. The zero-order chi connectivity index (χ0) is 18.1. The van der Waals surface area contributed by atoms with E-state index < -0.39 is 0 Å². The molecule has 0 spiro atoms.